The van der Waals surface area contributed by atoms with Crippen LogP contribution >= 0.6 is 0 Å². The lowest BCUT2D eigenvalue weighted by atomic mass is 9.81. The number of nitrogens with zero attached hydrogens (tertiary/aromatic N) is 1. The van der Waals surface area contributed by atoms with Gasteiger partial charge in [-0.1, -0.05) is 18.9 Å². The molecule has 0 radical (unpaired) electrons. The molecule has 2 fully saturated rings. The number of anilines is 1. The van der Waals surface area contributed by atoms with E-state index in [1.807, 2.05) is 0 Å². The molecule has 1 aromatic rings. The number of carbonyl (C=O) groups excluding carboxylic acids is 2. The molecular formula is C15H16FNO2. The first-order valence-corrected chi connectivity index (χ1v) is 6.73. The lowest BCUT2D eigenvalue weighted by Crippen LogP contribution is -2.30. The molecular weight excluding hydrogens is 245 g/mol. The third-order valence-electron chi connectivity index (χ3n) is 4.25. The van der Waals surface area contributed by atoms with E-state index in [-0.39, 0.29) is 29.5 Å². The van der Waals surface area contributed by atoms with Crippen molar-refractivity contribution in [2.24, 2.45) is 11.8 Å². The Bertz CT molecular complexity index is 531. The largest absolute Gasteiger partial charge is 0.274 e. The smallest absolute Gasteiger partial charge is 0.237 e. The fourth-order valence-corrected chi connectivity index (χ4v) is 3.14. The fraction of sp³-hybridized carbons (Fsp3) is 0.467. The van der Waals surface area contributed by atoms with Crippen molar-refractivity contribution in [3.63, 3.8) is 0 Å². The summed E-state index contributed by atoms with van der Waals surface area (Å²) in [5.41, 5.74) is 0.882. The molecule has 1 saturated heterocycles. The number of benzene rings is 1. The average molecular weight is 261 g/mol. The summed E-state index contributed by atoms with van der Waals surface area (Å²) in [5.74, 6) is -1.07. The highest BCUT2D eigenvalue weighted by molar-refractivity contribution is 6.22. The fourth-order valence-electron chi connectivity index (χ4n) is 3.14. The van der Waals surface area contributed by atoms with Crippen LogP contribution in [0.2, 0.25) is 0 Å². The van der Waals surface area contributed by atoms with E-state index in [9.17, 15) is 14.0 Å². The number of halogens is 1. The summed E-state index contributed by atoms with van der Waals surface area (Å²) in [5, 5.41) is 0. The first kappa shape index (κ1) is 12.3. The summed E-state index contributed by atoms with van der Waals surface area (Å²) in [6.45, 7) is 1.66. The molecule has 4 heteroatoms. The summed E-state index contributed by atoms with van der Waals surface area (Å²) in [6.07, 6.45) is 3.55. The molecule has 0 unspecified atom stereocenters. The Morgan fingerprint density at radius 1 is 1.11 bits per heavy atom. The van der Waals surface area contributed by atoms with Gasteiger partial charge in [-0.15, -0.1) is 0 Å². The van der Waals surface area contributed by atoms with Gasteiger partial charge in [0.15, 0.2) is 0 Å². The van der Waals surface area contributed by atoms with Crippen molar-refractivity contribution in [3.05, 3.63) is 29.6 Å². The van der Waals surface area contributed by atoms with Crippen molar-refractivity contribution < 1.29 is 14.0 Å². The van der Waals surface area contributed by atoms with Gasteiger partial charge in [0.1, 0.15) is 5.82 Å². The summed E-state index contributed by atoms with van der Waals surface area (Å²) in [7, 11) is 0. The Morgan fingerprint density at radius 3 is 2.21 bits per heavy atom. The van der Waals surface area contributed by atoms with E-state index in [4.69, 9.17) is 0 Å². The molecule has 1 heterocycles. The highest BCUT2D eigenvalue weighted by atomic mass is 19.1. The van der Waals surface area contributed by atoms with Crippen LogP contribution in [-0.2, 0) is 9.59 Å². The van der Waals surface area contributed by atoms with Gasteiger partial charge in [-0.2, -0.15) is 0 Å². The number of fused-ring (bicyclic) bond motifs is 1. The first-order chi connectivity index (χ1) is 9.09. The second-order valence-corrected chi connectivity index (χ2v) is 5.44. The quantitative estimate of drug-likeness (QED) is 0.729. The molecule has 0 spiro atoms. The maximum atomic E-state index is 13.6. The summed E-state index contributed by atoms with van der Waals surface area (Å²) >= 11 is 0. The van der Waals surface area contributed by atoms with Gasteiger partial charge in [0.2, 0.25) is 11.8 Å². The summed E-state index contributed by atoms with van der Waals surface area (Å²) < 4.78 is 13.6. The Morgan fingerprint density at radius 2 is 1.68 bits per heavy atom. The molecule has 0 N–H and O–H groups in total. The van der Waals surface area contributed by atoms with E-state index in [0.717, 1.165) is 25.7 Å². The number of rotatable bonds is 1. The van der Waals surface area contributed by atoms with Gasteiger partial charge in [-0.05, 0) is 37.5 Å². The molecule has 2 amide bonds. The van der Waals surface area contributed by atoms with Crippen LogP contribution in [0.3, 0.4) is 0 Å². The highest BCUT2D eigenvalue weighted by Crippen LogP contribution is 2.40. The minimum Gasteiger partial charge on any atom is -0.274 e. The van der Waals surface area contributed by atoms with Gasteiger partial charge in [0, 0.05) is 0 Å². The maximum Gasteiger partial charge on any atom is 0.237 e. The van der Waals surface area contributed by atoms with Gasteiger partial charge < -0.3 is 0 Å². The van der Waals surface area contributed by atoms with Crippen LogP contribution in [0.4, 0.5) is 10.1 Å². The number of aryl methyl sites for hydroxylation is 1. The second kappa shape index (κ2) is 4.44. The van der Waals surface area contributed by atoms with Gasteiger partial charge in [-0.3, -0.25) is 9.59 Å². The Hall–Kier alpha value is -1.71. The molecule has 1 saturated carbocycles. The third kappa shape index (κ3) is 1.86. The summed E-state index contributed by atoms with van der Waals surface area (Å²) in [4.78, 5) is 25.8. The molecule has 100 valence electrons. The monoisotopic (exact) mass is 261 g/mol. The molecule has 0 bridgehead atoms. The zero-order chi connectivity index (χ0) is 13.6. The predicted octanol–water partition coefficient (Wildman–Crippen LogP) is 2.81. The van der Waals surface area contributed by atoms with Gasteiger partial charge in [-0.25, -0.2) is 9.29 Å². The van der Waals surface area contributed by atoms with Gasteiger partial charge in [0.25, 0.3) is 0 Å². The maximum absolute atomic E-state index is 13.6. The second-order valence-electron chi connectivity index (χ2n) is 5.44. The normalized spacial score (nSPS) is 26.7. The van der Waals surface area contributed by atoms with Crippen LogP contribution in [0.25, 0.3) is 0 Å². The number of hydrogen-bond donors (Lipinski definition) is 0. The van der Waals surface area contributed by atoms with Crippen LogP contribution in [0, 0.1) is 24.6 Å². The topological polar surface area (TPSA) is 37.4 Å². The van der Waals surface area contributed by atoms with Crippen molar-refractivity contribution in [2.45, 2.75) is 32.6 Å². The number of amides is 2. The number of carbonyl (C=O) groups is 2. The molecule has 1 aliphatic carbocycles. The minimum absolute atomic E-state index is 0.155. The third-order valence-corrected chi connectivity index (χ3v) is 4.25. The molecule has 2 atom stereocenters. The Kier molecular flexibility index (Phi) is 2.88. The van der Waals surface area contributed by atoms with Gasteiger partial charge >= 0.3 is 0 Å². The van der Waals surface area contributed by atoms with Crippen molar-refractivity contribution in [1.82, 2.24) is 0 Å². The first-order valence-electron chi connectivity index (χ1n) is 6.73. The van der Waals surface area contributed by atoms with Crippen molar-refractivity contribution in [3.8, 4) is 0 Å². The van der Waals surface area contributed by atoms with Crippen molar-refractivity contribution in [1.29, 1.82) is 0 Å². The highest BCUT2D eigenvalue weighted by Gasteiger charge is 2.48. The van der Waals surface area contributed by atoms with Crippen LogP contribution < -0.4 is 4.90 Å². The molecule has 19 heavy (non-hydrogen) atoms. The van der Waals surface area contributed by atoms with Gasteiger partial charge in [0.05, 0.1) is 17.5 Å². The Balaban J connectivity index is 1.98. The van der Waals surface area contributed by atoms with Crippen LogP contribution in [0.1, 0.15) is 31.2 Å². The molecule has 0 aromatic heterocycles. The molecule has 1 aromatic carbocycles. The lowest BCUT2D eigenvalue weighted by molar-refractivity contribution is -0.122. The number of imide groups is 1. The van der Waals surface area contributed by atoms with E-state index in [0.29, 0.717) is 11.3 Å². The van der Waals surface area contributed by atoms with E-state index < -0.39 is 0 Å². The predicted molar refractivity (Wildman–Crippen MR) is 69.1 cm³/mol. The lowest BCUT2D eigenvalue weighted by Gasteiger charge is -2.19. The molecule has 2 aliphatic rings. The van der Waals surface area contributed by atoms with E-state index in [2.05, 4.69) is 0 Å². The SMILES string of the molecule is Cc1ccc(N2C(=O)[C@H]3CCCC[C@H]3C2=O)cc1F. The Labute approximate surface area is 111 Å². The minimum atomic E-state index is -0.382. The zero-order valence-corrected chi connectivity index (χ0v) is 10.9. The van der Waals surface area contributed by atoms with E-state index in [1.165, 1.54) is 11.0 Å². The molecule has 1 aliphatic heterocycles. The van der Waals surface area contributed by atoms with Crippen LogP contribution in [-0.4, -0.2) is 11.8 Å². The van der Waals surface area contributed by atoms with Crippen molar-refractivity contribution >= 4 is 17.5 Å². The molecule has 3 rings (SSSR count). The van der Waals surface area contributed by atoms with Crippen LogP contribution in [0.5, 0.6) is 0 Å². The van der Waals surface area contributed by atoms with Crippen LogP contribution in [0.15, 0.2) is 18.2 Å². The zero-order valence-electron chi connectivity index (χ0n) is 10.9. The number of hydrogen-bond acceptors (Lipinski definition) is 2. The van der Waals surface area contributed by atoms with E-state index in [1.54, 1.807) is 19.1 Å². The van der Waals surface area contributed by atoms with E-state index >= 15 is 0 Å². The molecule has 3 nitrogen and oxygen atoms in total. The standard InChI is InChI=1S/C15H16FNO2/c1-9-6-7-10(8-13(9)16)17-14(18)11-4-2-3-5-12(11)15(17)19/h6-8,11-12H,2-5H2,1H3/t11-,12+. The average Bonchev–Trinajstić information content (AvgIpc) is 2.66. The van der Waals surface area contributed by atoms with Crippen molar-refractivity contribution in [2.75, 3.05) is 4.90 Å². The summed E-state index contributed by atoms with van der Waals surface area (Å²) in [6, 6.07) is 4.53.